The van der Waals surface area contributed by atoms with Crippen LogP contribution in [-0.2, 0) is 6.42 Å². The van der Waals surface area contributed by atoms with Crippen LogP contribution >= 0.6 is 0 Å². The van der Waals surface area contributed by atoms with Crippen LogP contribution in [0.5, 0.6) is 11.5 Å². The van der Waals surface area contributed by atoms with Gasteiger partial charge in [0.1, 0.15) is 11.5 Å². The third-order valence-electron chi connectivity index (χ3n) is 14.7. The van der Waals surface area contributed by atoms with Gasteiger partial charge in [-0.1, -0.05) is 116 Å². The molecule has 9 aromatic carbocycles. The van der Waals surface area contributed by atoms with Crippen molar-refractivity contribution < 1.29 is 4.74 Å². The molecule has 0 N–H and O–H groups in total. The van der Waals surface area contributed by atoms with Crippen molar-refractivity contribution >= 4 is 77.1 Å². The first-order valence-electron chi connectivity index (χ1n) is 23.8. The van der Waals surface area contributed by atoms with Crippen LogP contribution in [0.2, 0.25) is 0 Å². The van der Waals surface area contributed by atoms with Gasteiger partial charge in [0.25, 0.3) is 0 Å². The van der Waals surface area contributed by atoms with Gasteiger partial charge in [-0.25, -0.2) is 9.97 Å². The summed E-state index contributed by atoms with van der Waals surface area (Å²) in [7, 11) is 0. The molecular formula is C63H41N5O. The second-order valence-corrected chi connectivity index (χ2v) is 18.6. The molecule has 0 spiro atoms. The predicted octanol–water partition coefficient (Wildman–Crippen LogP) is 15.9. The van der Waals surface area contributed by atoms with E-state index < -0.39 is 0 Å². The van der Waals surface area contributed by atoms with Crippen molar-refractivity contribution in [1.82, 2.24) is 23.7 Å². The van der Waals surface area contributed by atoms with Crippen molar-refractivity contribution in [3.05, 3.63) is 223 Å². The molecule has 69 heavy (non-hydrogen) atoms. The Hall–Kier alpha value is -9.00. The number of hydrogen-bond donors (Lipinski definition) is 0. The summed E-state index contributed by atoms with van der Waals surface area (Å²) < 4.78 is 13.5. The first-order chi connectivity index (χ1) is 34.1. The lowest BCUT2D eigenvalue weighted by Gasteiger charge is -2.24. The molecule has 0 bridgehead atoms. The van der Waals surface area contributed by atoms with Crippen LogP contribution in [0, 0.1) is 5.92 Å². The molecule has 1 unspecified atom stereocenters. The lowest BCUT2D eigenvalue weighted by Crippen LogP contribution is -2.14. The normalized spacial score (nSPS) is 14.2. The van der Waals surface area contributed by atoms with Gasteiger partial charge < -0.3 is 13.9 Å². The summed E-state index contributed by atoms with van der Waals surface area (Å²) in [4.78, 5) is 10.8. The molecule has 4 aromatic heterocycles. The number of allylic oxidation sites excluding steroid dienone is 1. The van der Waals surface area contributed by atoms with E-state index in [-0.39, 0.29) is 5.92 Å². The average molecular weight is 884 g/mol. The number of benzene rings is 9. The van der Waals surface area contributed by atoms with Gasteiger partial charge in [-0.2, -0.15) is 0 Å². The van der Waals surface area contributed by atoms with Crippen molar-refractivity contribution in [2.45, 2.75) is 13.3 Å². The summed E-state index contributed by atoms with van der Waals surface area (Å²) in [5.74, 6) is 2.47. The summed E-state index contributed by atoms with van der Waals surface area (Å²) in [6.07, 6.45) is 3.28. The van der Waals surface area contributed by atoms with E-state index in [1.165, 1.54) is 77.0 Å². The molecule has 1 atom stereocenters. The fourth-order valence-corrected chi connectivity index (χ4v) is 11.6. The first kappa shape index (κ1) is 38.1. The van der Waals surface area contributed by atoms with Gasteiger partial charge in [-0.3, -0.25) is 4.57 Å². The Labute approximate surface area is 397 Å². The van der Waals surface area contributed by atoms with Gasteiger partial charge in [0, 0.05) is 55.1 Å². The summed E-state index contributed by atoms with van der Waals surface area (Å²) in [5, 5.41) is 7.09. The molecule has 1 aliphatic carbocycles. The molecular weight excluding hydrogens is 843 g/mol. The zero-order valence-electron chi connectivity index (χ0n) is 37.6. The highest BCUT2D eigenvalue weighted by Crippen LogP contribution is 2.48. The minimum Gasteiger partial charge on any atom is -0.456 e. The zero-order valence-corrected chi connectivity index (χ0v) is 37.6. The maximum atomic E-state index is 6.42. The Bertz CT molecular complexity index is 4330. The van der Waals surface area contributed by atoms with E-state index in [1.807, 2.05) is 24.3 Å². The summed E-state index contributed by atoms with van der Waals surface area (Å²) in [5.41, 5.74) is 18.2. The van der Waals surface area contributed by atoms with Crippen LogP contribution in [-0.4, -0.2) is 23.7 Å². The molecule has 6 heteroatoms. The summed E-state index contributed by atoms with van der Waals surface area (Å²) in [6.45, 7) is 2.37. The molecule has 15 rings (SSSR count). The SMILES string of the molecule is CC1Cc2c(c3cc(-c4ccc5c(c4)c4ccccc4n5-c4ccccc4)ccc3n2-c2nc3c4c(cccc4n2)Oc2ccccc2-3)C=C1c1ccc2c(c1)c1ccccc1n2-c1ccccc1. The van der Waals surface area contributed by atoms with Crippen LogP contribution < -0.4 is 4.74 Å². The van der Waals surface area contributed by atoms with Crippen molar-refractivity contribution in [2.24, 2.45) is 5.92 Å². The number of para-hydroxylation sites is 5. The molecule has 0 fully saturated rings. The number of ether oxygens (including phenoxy) is 1. The minimum absolute atomic E-state index is 0.212. The second kappa shape index (κ2) is 14.5. The molecule has 324 valence electrons. The Morgan fingerprint density at radius 3 is 1.67 bits per heavy atom. The number of fused-ring (bicyclic) bond motifs is 11. The van der Waals surface area contributed by atoms with Gasteiger partial charge in [-0.05, 0) is 138 Å². The third kappa shape index (κ3) is 5.60. The Morgan fingerprint density at radius 2 is 0.986 bits per heavy atom. The fourth-order valence-electron chi connectivity index (χ4n) is 11.6. The standard InChI is InChI=1S/C63H41N5O/c1-38-33-58-51(37-47(38)41-29-32-56-49(36-41)45-20-9-12-24-54(45)67(56)43-17-6-3-7-18-43)50-35-40(39-27-30-55-48(34-39)44-19-8-11-23-53(44)66(55)42-15-4-2-5-16-42)28-31-57(50)68(58)63-64-52-22-14-26-60-61(52)62(65-63)46-21-10-13-25-59(46)69-60/h2-32,34-38H,33H2,1H3. The maximum Gasteiger partial charge on any atom is 0.235 e. The van der Waals surface area contributed by atoms with E-state index in [4.69, 9.17) is 14.7 Å². The highest BCUT2D eigenvalue weighted by Gasteiger charge is 2.30. The molecule has 2 aliphatic rings. The number of hydrogen-bond acceptors (Lipinski definition) is 3. The monoisotopic (exact) mass is 883 g/mol. The van der Waals surface area contributed by atoms with Crippen LogP contribution in [0.3, 0.4) is 0 Å². The van der Waals surface area contributed by atoms with Crippen molar-refractivity contribution in [2.75, 3.05) is 0 Å². The Kier molecular flexibility index (Phi) is 8.01. The highest BCUT2D eigenvalue weighted by atomic mass is 16.5. The van der Waals surface area contributed by atoms with E-state index in [0.29, 0.717) is 5.95 Å². The number of rotatable bonds is 5. The van der Waals surface area contributed by atoms with Crippen molar-refractivity contribution in [3.8, 4) is 51.2 Å². The molecule has 0 saturated heterocycles. The van der Waals surface area contributed by atoms with E-state index >= 15 is 0 Å². The maximum absolute atomic E-state index is 6.42. The van der Waals surface area contributed by atoms with Gasteiger partial charge in [-0.15, -0.1) is 0 Å². The van der Waals surface area contributed by atoms with E-state index in [1.54, 1.807) is 0 Å². The predicted molar refractivity (Wildman–Crippen MR) is 283 cm³/mol. The van der Waals surface area contributed by atoms with Gasteiger partial charge in [0.05, 0.1) is 44.2 Å². The van der Waals surface area contributed by atoms with Gasteiger partial charge >= 0.3 is 0 Å². The quantitative estimate of drug-likeness (QED) is 0.173. The van der Waals surface area contributed by atoms with Crippen molar-refractivity contribution in [3.63, 3.8) is 0 Å². The lowest BCUT2D eigenvalue weighted by atomic mass is 9.83. The number of aromatic nitrogens is 5. The first-order valence-corrected chi connectivity index (χ1v) is 23.8. The van der Waals surface area contributed by atoms with E-state index in [9.17, 15) is 0 Å². The molecule has 13 aromatic rings. The smallest absolute Gasteiger partial charge is 0.235 e. The van der Waals surface area contributed by atoms with Crippen LogP contribution in [0.1, 0.15) is 23.7 Å². The van der Waals surface area contributed by atoms with Crippen LogP contribution in [0.25, 0.3) is 117 Å². The third-order valence-corrected chi connectivity index (χ3v) is 14.7. The van der Waals surface area contributed by atoms with E-state index in [0.717, 1.165) is 62.5 Å². The van der Waals surface area contributed by atoms with Crippen molar-refractivity contribution in [1.29, 1.82) is 0 Å². The summed E-state index contributed by atoms with van der Waals surface area (Å²) >= 11 is 0. The highest BCUT2D eigenvalue weighted by molar-refractivity contribution is 6.12. The van der Waals surface area contributed by atoms with Crippen LogP contribution in [0.15, 0.2) is 206 Å². The van der Waals surface area contributed by atoms with Gasteiger partial charge in [0.15, 0.2) is 0 Å². The van der Waals surface area contributed by atoms with Crippen LogP contribution in [0.4, 0.5) is 0 Å². The minimum atomic E-state index is 0.212. The number of nitrogens with zero attached hydrogens (tertiary/aromatic N) is 5. The molecule has 1 aliphatic heterocycles. The fraction of sp³-hybridized carbons (Fsp3) is 0.0476. The molecule has 6 nitrogen and oxygen atoms in total. The Balaban J connectivity index is 0.957. The van der Waals surface area contributed by atoms with Gasteiger partial charge in [0.2, 0.25) is 5.95 Å². The van der Waals surface area contributed by atoms with E-state index in [2.05, 4.69) is 209 Å². The molecule has 0 saturated carbocycles. The lowest BCUT2D eigenvalue weighted by molar-refractivity contribution is 0.486. The average Bonchev–Trinajstić information content (AvgIpc) is 4.03. The Morgan fingerprint density at radius 1 is 0.449 bits per heavy atom. The summed E-state index contributed by atoms with van der Waals surface area (Å²) in [6, 6.07) is 74.2. The second-order valence-electron chi connectivity index (χ2n) is 18.6. The molecule has 0 amide bonds. The molecule has 5 heterocycles. The topological polar surface area (TPSA) is 49.8 Å². The largest absolute Gasteiger partial charge is 0.456 e. The molecule has 0 radical (unpaired) electrons. The zero-order chi connectivity index (χ0) is 45.3.